The number of allylic oxidation sites excluding steroid dienone is 2. The van der Waals surface area contributed by atoms with Crippen molar-refractivity contribution in [2.45, 2.75) is 87.9 Å². The monoisotopic (exact) mass is 584 g/mol. The standard InChI is InChI=1S/C30H40N4O8/c1-41-28(39)31-23-12-6-4-2-3-5-11-21-16-30(21,27(37)38)32-25(35)24-15-22(18-34(24)26(23)36)42-29(40)33-14-13-19-9-7-8-10-20(19)17-33/h5,8,10-11,21-24H,2-4,6-7,9,12-18H2,1H3,(H,31,39)(H,32,35)(H,37,38)/b11-5-/t21-,22-,23+,24+,30-/m1/s1. The first-order chi connectivity index (χ1) is 20.2. The van der Waals surface area contributed by atoms with Crippen molar-refractivity contribution in [2.24, 2.45) is 5.92 Å². The molecule has 3 heterocycles. The van der Waals surface area contributed by atoms with Gasteiger partial charge in [-0.3, -0.25) is 9.59 Å². The summed E-state index contributed by atoms with van der Waals surface area (Å²) in [6.45, 7) is 0.935. The van der Waals surface area contributed by atoms with Gasteiger partial charge in [0.2, 0.25) is 11.8 Å². The Morgan fingerprint density at radius 1 is 1.12 bits per heavy atom. The predicted octanol–water partition coefficient (Wildman–Crippen LogP) is 2.65. The topological polar surface area (TPSA) is 155 Å². The van der Waals surface area contributed by atoms with Gasteiger partial charge in [-0.05, 0) is 50.5 Å². The minimum atomic E-state index is -1.44. The number of carbonyl (C=O) groups is 5. The normalized spacial score (nSPS) is 32.3. The molecule has 1 saturated heterocycles. The number of aliphatic carboxylic acids is 1. The maximum Gasteiger partial charge on any atom is 0.410 e. The molecule has 5 atom stereocenters. The molecule has 2 fully saturated rings. The van der Waals surface area contributed by atoms with Crippen LogP contribution in [0.4, 0.5) is 9.59 Å². The van der Waals surface area contributed by atoms with E-state index in [1.165, 1.54) is 17.6 Å². The summed E-state index contributed by atoms with van der Waals surface area (Å²) in [6, 6.07) is -2.02. The Hall–Kier alpha value is -3.83. The summed E-state index contributed by atoms with van der Waals surface area (Å²) in [5.74, 6) is -2.59. The summed E-state index contributed by atoms with van der Waals surface area (Å²) in [4.78, 5) is 68.0. The molecule has 42 heavy (non-hydrogen) atoms. The van der Waals surface area contributed by atoms with Crippen LogP contribution in [0.2, 0.25) is 0 Å². The van der Waals surface area contributed by atoms with Gasteiger partial charge in [0.1, 0.15) is 23.7 Å². The maximum absolute atomic E-state index is 13.8. The van der Waals surface area contributed by atoms with Crippen LogP contribution < -0.4 is 10.6 Å². The highest BCUT2D eigenvalue weighted by atomic mass is 16.6. The molecule has 12 heteroatoms. The lowest BCUT2D eigenvalue weighted by molar-refractivity contribution is -0.145. The van der Waals surface area contributed by atoms with E-state index in [2.05, 4.69) is 22.8 Å². The van der Waals surface area contributed by atoms with E-state index in [9.17, 15) is 29.1 Å². The van der Waals surface area contributed by atoms with Crippen LogP contribution in [0.5, 0.6) is 0 Å². The molecule has 228 valence electrons. The molecule has 5 rings (SSSR count). The van der Waals surface area contributed by atoms with Crippen molar-refractivity contribution in [2.75, 3.05) is 26.7 Å². The number of ether oxygens (including phenoxy) is 2. The third-order valence-electron chi connectivity index (χ3n) is 9.05. The van der Waals surface area contributed by atoms with Crippen molar-refractivity contribution < 1.29 is 38.6 Å². The Morgan fingerprint density at radius 2 is 1.95 bits per heavy atom. The molecule has 0 aromatic heterocycles. The van der Waals surface area contributed by atoms with Gasteiger partial charge in [0.15, 0.2) is 0 Å². The second-order valence-electron chi connectivity index (χ2n) is 11.8. The Bertz CT molecular complexity index is 1210. The zero-order valence-corrected chi connectivity index (χ0v) is 24.0. The van der Waals surface area contributed by atoms with Crippen molar-refractivity contribution in [1.82, 2.24) is 20.4 Å². The molecule has 1 saturated carbocycles. The Kier molecular flexibility index (Phi) is 8.88. The molecule has 3 N–H and O–H groups in total. The number of nitrogens with one attached hydrogen (secondary N) is 2. The number of amides is 4. The Morgan fingerprint density at radius 3 is 2.74 bits per heavy atom. The van der Waals surface area contributed by atoms with Crippen LogP contribution in [0, 0.1) is 5.92 Å². The van der Waals surface area contributed by atoms with Gasteiger partial charge in [-0.25, -0.2) is 14.4 Å². The molecule has 12 nitrogen and oxygen atoms in total. The van der Waals surface area contributed by atoms with E-state index in [-0.39, 0.29) is 25.3 Å². The minimum absolute atomic E-state index is 0.0200. The maximum atomic E-state index is 13.8. The van der Waals surface area contributed by atoms with E-state index < -0.39 is 53.7 Å². The smallest absolute Gasteiger partial charge is 0.410 e. The van der Waals surface area contributed by atoms with Crippen molar-refractivity contribution >= 4 is 30.0 Å². The van der Waals surface area contributed by atoms with Crippen LogP contribution in [0.25, 0.3) is 0 Å². The van der Waals surface area contributed by atoms with Gasteiger partial charge in [-0.2, -0.15) is 0 Å². The number of carboxylic acid groups (broad SMARTS) is 1. The zero-order chi connectivity index (χ0) is 29.9. The van der Waals surface area contributed by atoms with E-state index in [4.69, 9.17) is 9.47 Å². The van der Waals surface area contributed by atoms with Crippen LogP contribution in [0.15, 0.2) is 35.5 Å². The lowest BCUT2D eigenvalue weighted by Gasteiger charge is -2.31. The van der Waals surface area contributed by atoms with Gasteiger partial charge >= 0.3 is 18.2 Å². The van der Waals surface area contributed by atoms with E-state index in [1.54, 1.807) is 4.90 Å². The van der Waals surface area contributed by atoms with Gasteiger partial charge in [0.25, 0.3) is 0 Å². The van der Waals surface area contributed by atoms with E-state index in [1.807, 2.05) is 12.2 Å². The summed E-state index contributed by atoms with van der Waals surface area (Å²) in [7, 11) is 1.21. The zero-order valence-electron chi connectivity index (χ0n) is 24.0. The number of methoxy groups -OCH3 is 1. The van der Waals surface area contributed by atoms with Crippen LogP contribution >= 0.6 is 0 Å². The van der Waals surface area contributed by atoms with Gasteiger partial charge in [0.05, 0.1) is 13.7 Å². The lowest BCUT2D eigenvalue weighted by atomic mass is 9.92. The molecule has 2 aliphatic carbocycles. The second kappa shape index (κ2) is 12.6. The predicted molar refractivity (Wildman–Crippen MR) is 150 cm³/mol. The van der Waals surface area contributed by atoms with Crippen molar-refractivity contribution in [3.8, 4) is 0 Å². The first kappa shape index (κ1) is 29.7. The molecule has 3 aliphatic heterocycles. The first-order valence-electron chi connectivity index (χ1n) is 14.9. The number of carboxylic acids is 1. The minimum Gasteiger partial charge on any atom is -0.479 e. The number of hydrogen-bond acceptors (Lipinski definition) is 7. The van der Waals surface area contributed by atoms with Crippen LogP contribution in [0.3, 0.4) is 0 Å². The van der Waals surface area contributed by atoms with E-state index in [0.717, 1.165) is 44.1 Å². The quantitative estimate of drug-likeness (QED) is 0.428. The number of nitrogens with zero attached hydrogens (tertiary/aromatic N) is 2. The number of alkyl carbamates (subject to hydrolysis) is 1. The number of hydrogen-bond donors (Lipinski definition) is 3. The highest BCUT2D eigenvalue weighted by Gasteiger charge is 2.61. The number of fused-ring (bicyclic) bond motifs is 2. The summed E-state index contributed by atoms with van der Waals surface area (Å²) < 4.78 is 10.6. The van der Waals surface area contributed by atoms with Crippen molar-refractivity contribution in [3.63, 3.8) is 0 Å². The van der Waals surface area contributed by atoms with Crippen LogP contribution in [0.1, 0.15) is 64.2 Å². The molecule has 0 aromatic carbocycles. The highest BCUT2D eigenvalue weighted by Crippen LogP contribution is 2.45. The van der Waals surface area contributed by atoms with Crippen molar-refractivity contribution in [3.05, 3.63) is 35.5 Å². The van der Waals surface area contributed by atoms with Gasteiger partial charge in [-0.1, -0.05) is 42.7 Å². The molecule has 0 unspecified atom stereocenters. The van der Waals surface area contributed by atoms with E-state index in [0.29, 0.717) is 25.9 Å². The molecule has 0 radical (unpaired) electrons. The second-order valence-corrected chi connectivity index (χ2v) is 11.8. The average molecular weight is 585 g/mol. The highest BCUT2D eigenvalue weighted by molar-refractivity contribution is 5.96. The molecular weight excluding hydrogens is 544 g/mol. The molecule has 0 bridgehead atoms. The van der Waals surface area contributed by atoms with Crippen LogP contribution in [-0.4, -0.2) is 95.3 Å². The third-order valence-corrected chi connectivity index (χ3v) is 9.05. The molecule has 4 amide bonds. The lowest BCUT2D eigenvalue weighted by Crippen LogP contribution is -2.56. The van der Waals surface area contributed by atoms with Crippen molar-refractivity contribution in [1.29, 1.82) is 0 Å². The average Bonchev–Trinajstić information content (AvgIpc) is 3.52. The summed E-state index contributed by atoms with van der Waals surface area (Å²) in [5, 5.41) is 15.3. The van der Waals surface area contributed by atoms with Gasteiger partial charge in [0, 0.05) is 25.4 Å². The van der Waals surface area contributed by atoms with Crippen LogP contribution in [-0.2, 0) is 23.9 Å². The van der Waals surface area contributed by atoms with E-state index >= 15 is 0 Å². The molecular formula is C30H40N4O8. The molecule has 5 aliphatic rings. The SMILES string of the molecule is COC(=O)N[C@H]1CCCCC/C=C\[C@@H]2C[C@@]2(C(=O)O)NC(=O)[C@@H]2C[C@@H](OC(=O)N3CCC4=C(C=CCC4)C3)CN2C1=O. The van der Waals surface area contributed by atoms with Gasteiger partial charge in [-0.15, -0.1) is 0 Å². The Labute approximate surface area is 245 Å². The largest absolute Gasteiger partial charge is 0.479 e. The fraction of sp³-hybridized carbons (Fsp3) is 0.633. The number of rotatable bonds is 3. The fourth-order valence-corrected chi connectivity index (χ4v) is 6.49. The van der Waals surface area contributed by atoms with Gasteiger partial charge < -0.3 is 35.0 Å². The molecule has 0 aromatic rings. The summed E-state index contributed by atoms with van der Waals surface area (Å²) in [6.07, 6.45) is 12.3. The third kappa shape index (κ3) is 6.32. The summed E-state index contributed by atoms with van der Waals surface area (Å²) >= 11 is 0. The Balaban J connectivity index is 1.35. The fourth-order valence-electron chi connectivity index (χ4n) is 6.49. The molecule has 0 spiro atoms. The summed E-state index contributed by atoms with van der Waals surface area (Å²) in [5.41, 5.74) is 1.05. The number of carbonyl (C=O) groups excluding carboxylic acids is 4. The first-order valence-corrected chi connectivity index (χ1v) is 14.9.